The number of anilines is 3. The number of halogens is 1. The van der Waals surface area contributed by atoms with Gasteiger partial charge in [-0.2, -0.15) is 12.1 Å². The molecule has 0 amide bonds. The molecular formula is C17H19ClN4O3S2. The minimum Gasteiger partial charge on any atom is -0.487 e. The van der Waals surface area contributed by atoms with Crippen LogP contribution in [0.5, 0.6) is 5.75 Å². The molecule has 0 spiro atoms. The molecule has 2 aliphatic heterocycles. The third-order valence-electron chi connectivity index (χ3n) is 4.38. The quantitative estimate of drug-likeness (QED) is 0.712. The van der Waals surface area contributed by atoms with Gasteiger partial charge in [-0.25, -0.2) is 0 Å². The molecular weight excluding hydrogens is 408 g/mol. The molecule has 0 radical (unpaired) electrons. The van der Waals surface area contributed by atoms with E-state index in [1.54, 1.807) is 30.3 Å². The minimum absolute atomic E-state index is 0.0459. The van der Waals surface area contributed by atoms with Crippen molar-refractivity contribution in [2.45, 2.75) is 12.5 Å². The zero-order valence-corrected chi connectivity index (χ0v) is 16.9. The van der Waals surface area contributed by atoms with Crippen molar-refractivity contribution in [3.63, 3.8) is 0 Å². The fraction of sp³-hybridized carbons (Fsp3) is 0.294. The van der Waals surface area contributed by atoms with E-state index in [0.29, 0.717) is 22.1 Å². The highest BCUT2D eigenvalue weighted by Crippen LogP contribution is 2.41. The molecule has 4 rings (SSSR count). The lowest BCUT2D eigenvalue weighted by Gasteiger charge is -2.19. The van der Waals surface area contributed by atoms with E-state index in [4.69, 9.17) is 16.3 Å². The van der Waals surface area contributed by atoms with Crippen LogP contribution in [0.4, 0.5) is 17.1 Å². The molecule has 0 bridgehead atoms. The van der Waals surface area contributed by atoms with E-state index in [1.165, 1.54) is 3.71 Å². The summed E-state index contributed by atoms with van der Waals surface area (Å²) in [6.45, 7) is 1.78. The minimum atomic E-state index is -3.82. The molecule has 2 aliphatic rings. The van der Waals surface area contributed by atoms with Crippen molar-refractivity contribution in [1.29, 1.82) is 0 Å². The van der Waals surface area contributed by atoms with Crippen LogP contribution in [0.3, 0.4) is 0 Å². The van der Waals surface area contributed by atoms with Crippen molar-refractivity contribution in [3.05, 3.63) is 47.5 Å². The van der Waals surface area contributed by atoms with E-state index in [-0.39, 0.29) is 6.10 Å². The second-order valence-electron chi connectivity index (χ2n) is 6.48. The zero-order valence-electron chi connectivity index (χ0n) is 14.6. The molecule has 1 atom stereocenters. The summed E-state index contributed by atoms with van der Waals surface area (Å²) in [5.74, 6) is 0.477. The van der Waals surface area contributed by atoms with Gasteiger partial charge in [-0.1, -0.05) is 23.7 Å². The lowest BCUT2D eigenvalue weighted by molar-refractivity contribution is 0.208. The molecule has 0 saturated carbocycles. The van der Waals surface area contributed by atoms with Crippen molar-refractivity contribution < 1.29 is 13.2 Å². The monoisotopic (exact) mass is 426 g/mol. The molecule has 2 aromatic carbocycles. The summed E-state index contributed by atoms with van der Waals surface area (Å²) >= 11 is 7.24. The van der Waals surface area contributed by atoms with E-state index in [0.717, 1.165) is 37.3 Å². The van der Waals surface area contributed by atoms with Gasteiger partial charge in [0.2, 0.25) is 0 Å². The molecule has 2 N–H and O–H groups in total. The average Bonchev–Trinajstić information content (AvgIpc) is 3.24. The smallest absolute Gasteiger partial charge is 0.335 e. The van der Waals surface area contributed by atoms with Gasteiger partial charge in [0.1, 0.15) is 11.9 Å². The number of rotatable bonds is 5. The Labute approximate surface area is 168 Å². The fourth-order valence-electron chi connectivity index (χ4n) is 3.06. The van der Waals surface area contributed by atoms with Crippen LogP contribution < -0.4 is 17.9 Å². The zero-order chi connectivity index (χ0) is 19.0. The van der Waals surface area contributed by atoms with E-state index in [9.17, 15) is 8.42 Å². The fourth-order valence-corrected chi connectivity index (χ4v) is 5.37. The van der Waals surface area contributed by atoms with Crippen molar-refractivity contribution in [3.8, 4) is 5.75 Å². The number of para-hydroxylation sites is 2. The molecule has 0 aliphatic carbocycles. The van der Waals surface area contributed by atoms with Crippen LogP contribution in [0.1, 0.15) is 6.42 Å². The molecule has 10 heteroatoms. The normalized spacial score (nSPS) is 19.6. The molecule has 2 aromatic rings. The van der Waals surface area contributed by atoms with Crippen LogP contribution in [0, 0.1) is 0 Å². The molecule has 2 heterocycles. The molecule has 27 heavy (non-hydrogen) atoms. The van der Waals surface area contributed by atoms with Crippen LogP contribution in [-0.4, -0.2) is 39.6 Å². The number of likely N-dealkylation sites (N-methyl/N-ethyl adjacent to an activating group) is 1. The Balaban J connectivity index is 1.53. The Bertz CT molecular complexity index is 957. The van der Waals surface area contributed by atoms with Gasteiger partial charge >= 0.3 is 10.2 Å². The lowest BCUT2D eigenvalue weighted by Crippen LogP contribution is -2.29. The molecule has 7 nitrogen and oxygen atoms in total. The summed E-state index contributed by atoms with van der Waals surface area (Å²) in [5.41, 5.74) is 1.72. The molecule has 144 valence electrons. The van der Waals surface area contributed by atoms with Crippen molar-refractivity contribution >= 4 is 51.0 Å². The first-order valence-corrected chi connectivity index (χ1v) is 11.0. The van der Waals surface area contributed by atoms with Crippen molar-refractivity contribution in [2.24, 2.45) is 0 Å². The Hall–Kier alpha value is -1.81. The first-order valence-electron chi connectivity index (χ1n) is 8.42. The van der Waals surface area contributed by atoms with Crippen LogP contribution in [0.15, 0.2) is 42.5 Å². The maximum atomic E-state index is 12.8. The van der Waals surface area contributed by atoms with Gasteiger partial charge in [0.15, 0.2) is 0 Å². The van der Waals surface area contributed by atoms with Gasteiger partial charge in [0, 0.05) is 19.2 Å². The predicted octanol–water partition coefficient (Wildman–Crippen LogP) is 3.57. The highest BCUT2D eigenvalue weighted by Gasteiger charge is 2.31. The highest BCUT2D eigenvalue weighted by atomic mass is 35.5. The largest absolute Gasteiger partial charge is 0.487 e. The maximum Gasteiger partial charge on any atom is 0.335 e. The standard InChI is InChI=1S/C17H19ClN4O3S2/c1-21-9-8-13(11-21)25-17-10-12(6-7-14(17)18)20-27(23,24)22-16-5-3-2-4-15(16)19-26-22/h2-7,10,13,19-20H,8-9,11H2,1H3/t13-/m1/s1. The number of likely N-dealkylation sites (tertiary alicyclic amines) is 1. The van der Waals surface area contributed by atoms with Crippen LogP contribution >= 0.6 is 23.7 Å². The number of nitrogens with zero attached hydrogens (tertiary/aromatic N) is 2. The summed E-state index contributed by atoms with van der Waals surface area (Å²) in [6.07, 6.45) is 0.958. The van der Waals surface area contributed by atoms with E-state index in [1.807, 2.05) is 19.2 Å². The topological polar surface area (TPSA) is 73.9 Å². The SMILES string of the molecule is CN1CC[C@@H](Oc2cc(NS(=O)(=O)N3SNc4ccccc43)ccc2Cl)C1. The predicted molar refractivity (Wildman–Crippen MR) is 111 cm³/mol. The van der Waals surface area contributed by atoms with Gasteiger partial charge < -0.3 is 14.4 Å². The van der Waals surface area contributed by atoms with E-state index in [2.05, 4.69) is 14.3 Å². The highest BCUT2D eigenvalue weighted by molar-refractivity contribution is 8.16. The van der Waals surface area contributed by atoms with Gasteiger partial charge in [0.25, 0.3) is 0 Å². The molecule has 1 saturated heterocycles. The third-order valence-corrected chi connectivity index (χ3v) is 7.30. The molecule has 0 aromatic heterocycles. The van der Waals surface area contributed by atoms with Crippen molar-refractivity contribution in [2.75, 3.05) is 33.3 Å². The van der Waals surface area contributed by atoms with Crippen molar-refractivity contribution in [1.82, 2.24) is 4.90 Å². The van der Waals surface area contributed by atoms with Crippen LogP contribution in [0.2, 0.25) is 5.02 Å². The second kappa shape index (κ2) is 7.31. The Morgan fingerprint density at radius 1 is 1.30 bits per heavy atom. The summed E-state index contributed by atoms with van der Waals surface area (Å²) in [6, 6.07) is 12.1. The summed E-state index contributed by atoms with van der Waals surface area (Å²) in [4.78, 5) is 2.18. The summed E-state index contributed by atoms with van der Waals surface area (Å²) in [5, 5.41) is 0.454. The van der Waals surface area contributed by atoms with Gasteiger partial charge in [-0.05, 0) is 37.7 Å². The summed E-state index contributed by atoms with van der Waals surface area (Å²) < 4.78 is 38.4. The van der Waals surface area contributed by atoms with Crippen LogP contribution in [-0.2, 0) is 10.2 Å². The Kier molecular flexibility index (Phi) is 5.02. The number of nitrogens with one attached hydrogen (secondary N) is 2. The lowest BCUT2D eigenvalue weighted by atomic mass is 10.3. The first kappa shape index (κ1) is 18.5. The average molecular weight is 427 g/mol. The Morgan fingerprint density at radius 3 is 2.89 bits per heavy atom. The van der Waals surface area contributed by atoms with E-state index < -0.39 is 10.2 Å². The first-order chi connectivity index (χ1) is 12.9. The summed E-state index contributed by atoms with van der Waals surface area (Å²) in [7, 11) is -1.78. The molecule has 1 fully saturated rings. The number of hydrogen-bond donors (Lipinski definition) is 2. The Morgan fingerprint density at radius 2 is 2.11 bits per heavy atom. The molecule has 0 unspecified atom stereocenters. The maximum absolute atomic E-state index is 12.8. The third kappa shape index (κ3) is 3.91. The number of benzene rings is 2. The van der Waals surface area contributed by atoms with E-state index >= 15 is 0 Å². The van der Waals surface area contributed by atoms with Gasteiger partial charge in [0.05, 0.1) is 34.2 Å². The number of hydrogen-bond acceptors (Lipinski definition) is 6. The van der Waals surface area contributed by atoms with Gasteiger partial charge in [-0.15, -0.1) is 0 Å². The number of fused-ring (bicyclic) bond motifs is 1. The van der Waals surface area contributed by atoms with Crippen LogP contribution in [0.25, 0.3) is 0 Å². The number of ether oxygens (including phenoxy) is 1. The van der Waals surface area contributed by atoms with Gasteiger partial charge in [-0.3, -0.25) is 4.72 Å². The second-order valence-corrected chi connectivity index (χ2v) is 9.39.